The minimum atomic E-state index is -0.471. The molecule has 2 radical (unpaired) electrons. The summed E-state index contributed by atoms with van der Waals surface area (Å²) in [5.41, 5.74) is 8.44. The zero-order valence-electron chi connectivity index (χ0n) is 14.8. The van der Waals surface area contributed by atoms with Gasteiger partial charge >= 0.3 is 163 Å². The topological polar surface area (TPSA) is 32.5 Å². The number of rotatable bonds is 5. The molecular formula is C19H30ClN3Sn. The molecule has 0 unspecified atom stereocenters. The van der Waals surface area contributed by atoms with Gasteiger partial charge < -0.3 is 0 Å². The first kappa shape index (κ1) is 18.8. The summed E-state index contributed by atoms with van der Waals surface area (Å²) in [6, 6.07) is 6.89. The number of nitrogens with zero attached hydrogens (tertiary/aromatic N) is 2. The van der Waals surface area contributed by atoms with Crippen LogP contribution >= 0.6 is 11.6 Å². The van der Waals surface area contributed by atoms with Crippen LogP contribution < -0.4 is 10.6 Å². The van der Waals surface area contributed by atoms with Crippen LogP contribution in [0.5, 0.6) is 0 Å². The third-order valence-electron chi connectivity index (χ3n) is 5.57. The van der Waals surface area contributed by atoms with Crippen LogP contribution in [0.2, 0.25) is 5.02 Å². The fourth-order valence-electron chi connectivity index (χ4n) is 3.91. The Kier molecular flexibility index (Phi) is 7.14. The van der Waals surface area contributed by atoms with Gasteiger partial charge in [0, 0.05) is 0 Å². The van der Waals surface area contributed by atoms with Crippen LogP contribution in [0.3, 0.4) is 0 Å². The third kappa shape index (κ3) is 5.03. The quantitative estimate of drug-likeness (QED) is 0.690. The standard InChI is InChI=1S/C19H30ClN3.Sn/c1-15-5-3-7-18(19(15)20)23(2)14-13-22-12-4-6-16-8-10-17(21)11-9-16;/h3,5,7,16-17H,2,4,6,8-14,21H2,1H3;/q-1;+1. The van der Waals surface area contributed by atoms with Gasteiger partial charge in [-0.2, -0.15) is 0 Å². The predicted molar refractivity (Wildman–Crippen MR) is 105 cm³/mol. The molecule has 0 atom stereocenters. The van der Waals surface area contributed by atoms with Gasteiger partial charge in [-0.05, 0) is 0 Å². The predicted octanol–water partition coefficient (Wildman–Crippen LogP) is 3.64. The van der Waals surface area contributed by atoms with E-state index in [4.69, 9.17) is 17.3 Å². The molecular weight excluding hydrogens is 424 g/mol. The summed E-state index contributed by atoms with van der Waals surface area (Å²) in [5.74, 6) is 0.947. The van der Waals surface area contributed by atoms with Gasteiger partial charge in [-0.15, -0.1) is 0 Å². The molecule has 1 aromatic carbocycles. The Balaban J connectivity index is 1.38. The van der Waals surface area contributed by atoms with Crippen molar-refractivity contribution in [2.45, 2.75) is 51.5 Å². The van der Waals surface area contributed by atoms with Gasteiger partial charge in [0.1, 0.15) is 0 Å². The van der Waals surface area contributed by atoms with Gasteiger partial charge in [0.25, 0.3) is 0 Å². The normalized spacial score (nSPS) is 25.9. The number of hydrogen-bond donors (Lipinski definition) is 1. The van der Waals surface area contributed by atoms with E-state index in [0.717, 1.165) is 17.5 Å². The molecule has 5 heteroatoms. The Morgan fingerprint density at radius 3 is 2.71 bits per heavy atom. The maximum atomic E-state index is 6.50. The Labute approximate surface area is 162 Å². The molecule has 1 heterocycles. The van der Waals surface area contributed by atoms with E-state index in [0.29, 0.717) is 6.04 Å². The number of hydrogen-bond acceptors (Lipinski definition) is 3. The fourth-order valence-corrected chi connectivity index (χ4v) is 7.79. The van der Waals surface area contributed by atoms with E-state index in [1.165, 1.54) is 67.4 Å². The van der Waals surface area contributed by atoms with Gasteiger partial charge in [0.2, 0.25) is 0 Å². The number of nitrogens with two attached hydrogens (primary N) is 1. The summed E-state index contributed by atoms with van der Waals surface area (Å²) in [4.78, 5) is 2.51. The minimum absolute atomic E-state index is 0.471. The second-order valence-electron chi connectivity index (χ2n) is 7.40. The molecule has 0 amide bonds. The van der Waals surface area contributed by atoms with E-state index in [2.05, 4.69) is 33.1 Å². The molecule has 2 N–H and O–H groups in total. The van der Waals surface area contributed by atoms with Crippen molar-refractivity contribution in [3.63, 3.8) is 0 Å². The Bertz CT molecular complexity index is 523. The zero-order chi connectivity index (χ0) is 16.9. The second-order valence-corrected chi connectivity index (χ2v) is 11.4. The van der Waals surface area contributed by atoms with E-state index in [9.17, 15) is 0 Å². The van der Waals surface area contributed by atoms with Gasteiger partial charge in [-0.1, -0.05) is 0 Å². The van der Waals surface area contributed by atoms with E-state index >= 15 is 0 Å². The Morgan fingerprint density at radius 1 is 1.21 bits per heavy atom. The van der Waals surface area contributed by atoms with E-state index in [1.807, 2.05) is 0 Å². The summed E-state index contributed by atoms with van der Waals surface area (Å²) in [5, 5.41) is 0.945. The first-order valence-electron chi connectivity index (χ1n) is 9.37. The van der Waals surface area contributed by atoms with Crippen LogP contribution in [0, 0.1) is 12.8 Å². The second kappa shape index (κ2) is 9.11. The monoisotopic (exact) mass is 455 g/mol. The van der Waals surface area contributed by atoms with E-state index in [-0.39, 0.29) is 0 Å². The summed E-state index contributed by atoms with van der Waals surface area (Å²) in [7, 11) is 0. The van der Waals surface area contributed by atoms with Crippen LogP contribution in [0.25, 0.3) is 0 Å². The van der Waals surface area contributed by atoms with Crippen LogP contribution in [0.4, 0.5) is 5.69 Å². The first-order chi connectivity index (χ1) is 11.6. The van der Waals surface area contributed by atoms with Crippen molar-refractivity contribution in [2.75, 3.05) is 29.1 Å². The van der Waals surface area contributed by atoms with Crippen LogP contribution in [-0.2, 0) is 0 Å². The van der Waals surface area contributed by atoms with Crippen molar-refractivity contribution < 1.29 is 0 Å². The van der Waals surface area contributed by atoms with Crippen molar-refractivity contribution in [1.29, 1.82) is 0 Å². The molecule has 24 heavy (non-hydrogen) atoms. The third-order valence-corrected chi connectivity index (χ3v) is 10.1. The molecule has 1 aliphatic carbocycles. The average Bonchev–Trinajstić information content (AvgIpc) is 2.60. The summed E-state index contributed by atoms with van der Waals surface area (Å²) < 4.78 is 4.04. The average molecular weight is 455 g/mol. The molecule has 0 bridgehead atoms. The van der Waals surface area contributed by atoms with Crippen molar-refractivity contribution in [2.24, 2.45) is 11.7 Å². The molecule has 1 saturated heterocycles. The molecule has 1 saturated carbocycles. The molecule has 2 aliphatic rings. The molecule has 1 aromatic rings. The molecule has 2 fully saturated rings. The van der Waals surface area contributed by atoms with Gasteiger partial charge in [-0.3, -0.25) is 0 Å². The fraction of sp³-hybridized carbons (Fsp3) is 0.684. The first-order valence-corrected chi connectivity index (χ1v) is 13.0. The SMILES string of the molecule is Cc1cccc(N2CC[N](CCCC3CCC(N)CC3)[Sn][CH2]2)c1Cl. The number of aryl methyl sites for hydroxylation is 1. The Morgan fingerprint density at radius 2 is 2.00 bits per heavy atom. The van der Waals surface area contributed by atoms with Gasteiger partial charge in [0.05, 0.1) is 0 Å². The zero-order valence-corrected chi connectivity index (χ0v) is 18.4. The van der Waals surface area contributed by atoms with Crippen LogP contribution in [0.1, 0.15) is 44.1 Å². The number of anilines is 1. The van der Waals surface area contributed by atoms with E-state index < -0.39 is 21.4 Å². The molecule has 0 aromatic heterocycles. The molecule has 3 rings (SSSR count). The number of halogens is 1. The summed E-state index contributed by atoms with van der Waals surface area (Å²) in [6.07, 6.45) is 8.01. The van der Waals surface area contributed by atoms with Crippen LogP contribution in [-0.4, -0.2) is 54.8 Å². The van der Waals surface area contributed by atoms with E-state index in [1.54, 1.807) is 0 Å². The van der Waals surface area contributed by atoms with Crippen molar-refractivity contribution in [3.05, 3.63) is 28.8 Å². The van der Waals surface area contributed by atoms with Crippen molar-refractivity contribution >= 4 is 38.7 Å². The van der Waals surface area contributed by atoms with Crippen LogP contribution in [0.15, 0.2) is 18.2 Å². The molecule has 3 nitrogen and oxygen atoms in total. The molecule has 1 aliphatic heterocycles. The van der Waals surface area contributed by atoms with Gasteiger partial charge in [-0.25, -0.2) is 0 Å². The summed E-state index contributed by atoms with van der Waals surface area (Å²) in [6.45, 7) is 5.78. The van der Waals surface area contributed by atoms with Crippen molar-refractivity contribution in [3.8, 4) is 0 Å². The maximum absolute atomic E-state index is 6.50. The molecule has 0 spiro atoms. The Hall–Kier alpha value is 0.0287. The van der Waals surface area contributed by atoms with Gasteiger partial charge in [0.15, 0.2) is 0 Å². The number of benzene rings is 1. The van der Waals surface area contributed by atoms with Crippen molar-refractivity contribution in [1.82, 2.24) is 3.12 Å². The summed E-state index contributed by atoms with van der Waals surface area (Å²) >= 11 is 6.03. The molecule has 132 valence electrons.